The summed E-state index contributed by atoms with van der Waals surface area (Å²) in [4.78, 5) is 1.45. The first-order chi connectivity index (χ1) is 5.50. The van der Waals surface area contributed by atoms with Crippen molar-refractivity contribution in [3.05, 3.63) is 0 Å². The zero-order chi connectivity index (χ0) is 9.35. The van der Waals surface area contributed by atoms with Gasteiger partial charge in [0.25, 0.3) is 0 Å². The van der Waals surface area contributed by atoms with E-state index in [2.05, 4.69) is 13.0 Å². The standard InChI is InChI=1S/C10H17NO/c1-5-10(12)8(2)6-11(4)7-9(10)3/h1,8-9,12H,6-7H2,2-4H3/p+1/t8-,9-/m1/s1. The van der Waals surface area contributed by atoms with Crippen LogP contribution in [0.25, 0.3) is 0 Å². The molecule has 1 fully saturated rings. The van der Waals surface area contributed by atoms with Gasteiger partial charge >= 0.3 is 0 Å². The Morgan fingerprint density at radius 2 is 1.83 bits per heavy atom. The van der Waals surface area contributed by atoms with Crippen LogP contribution in [-0.2, 0) is 0 Å². The molecule has 1 heterocycles. The molecule has 68 valence electrons. The lowest BCUT2D eigenvalue weighted by Gasteiger charge is -2.41. The summed E-state index contributed by atoms with van der Waals surface area (Å²) in [5, 5.41) is 10.1. The van der Waals surface area contributed by atoms with Crippen LogP contribution in [0.3, 0.4) is 0 Å². The number of quaternary nitrogens is 1. The smallest absolute Gasteiger partial charge is 0.140 e. The molecule has 1 saturated heterocycles. The lowest BCUT2D eigenvalue weighted by atomic mass is 9.76. The molecule has 1 aliphatic rings. The van der Waals surface area contributed by atoms with Crippen molar-refractivity contribution in [2.24, 2.45) is 11.8 Å². The Labute approximate surface area is 74.6 Å². The van der Waals surface area contributed by atoms with Gasteiger partial charge in [-0.05, 0) is 0 Å². The van der Waals surface area contributed by atoms with Gasteiger partial charge in [-0.25, -0.2) is 0 Å². The fourth-order valence-corrected chi connectivity index (χ4v) is 2.21. The fourth-order valence-electron chi connectivity index (χ4n) is 2.21. The second-order valence-corrected chi connectivity index (χ2v) is 4.14. The number of hydrogen-bond acceptors (Lipinski definition) is 1. The van der Waals surface area contributed by atoms with Crippen LogP contribution in [0.5, 0.6) is 0 Å². The lowest BCUT2D eigenvalue weighted by Crippen LogP contribution is -3.12. The van der Waals surface area contributed by atoms with E-state index in [0.717, 1.165) is 13.1 Å². The van der Waals surface area contributed by atoms with E-state index in [1.807, 2.05) is 13.8 Å². The third-order valence-electron chi connectivity index (χ3n) is 3.04. The van der Waals surface area contributed by atoms with E-state index in [-0.39, 0.29) is 11.8 Å². The molecule has 2 N–H and O–H groups in total. The predicted octanol–water partition coefficient (Wildman–Crippen LogP) is -0.849. The molecule has 0 saturated carbocycles. The highest BCUT2D eigenvalue weighted by Crippen LogP contribution is 2.26. The number of nitrogens with one attached hydrogen (secondary N) is 1. The van der Waals surface area contributed by atoms with Crippen molar-refractivity contribution in [3.63, 3.8) is 0 Å². The Morgan fingerprint density at radius 1 is 1.42 bits per heavy atom. The molecule has 1 aliphatic heterocycles. The van der Waals surface area contributed by atoms with E-state index in [1.54, 1.807) is 0 Å². The van der Waals surface area contributed by atoms with Gasteiger partial charge in [0, 0.05) is 11.8 Å². The topological polar surface area (TPSA) is 24.7 Å². The van der Waals surface area contributed by atoms with Crippen LogP contribution in [-0.4, -0.2) is 30.8 Å². The average molecular weight is 168 g/mol. The summed E-state index contributed by atoms with van der Waals surface area (Å²) in [7, 11) is 2.14. The highest BCUT2D eigenvalue weighted by molar-refractivity contribution is 5.13. The zero-order valence-electron chi connectivity index (χ0n) is 8.09. The van der Waals surface area contributed by atoms with Crippen molar-refractivity contribution >= 4 is 0 Å². The molecule has 0 aromatic heterocycles. The second-order valence-electron chi connectivity index (χ2n) is 4.14. The molecule has 1 rings (SSSR count). The van der Waals surface area contributed by atoms with E-state index in [9.17, 15) is 5.11 Å². The van der Waals surface area contributed by atoms with Crippen LogP contribution < -0.4 is 4.90 Å². The molecule has 0 aromatic carbocycles. The number of aliphatic hydroxyl groups is 1. The van der Waals surface area contributed by atoms with Crippen molar-refractivity contribution in [1.29, 1.82) is 0 Å². The molecule has 0 unspecified atom stereocenters. The van der Waals surface area contributed by atoms with Crippen molar-refractivity contribution < 1.29 is 10.0 Å². The van der Waals surface area contributed by atoms with Gasteiger partial charge in [0.15, 0.2) is 0 Å². The van der Waals surface area contributed by atoms with Gasteiger partial charge in [0.1, 0.15) is 5.60 Å². The summed E-state index contributed by atoms with van der Waals surface area (Å²) >= 11 is 0. The van der Waals surface area contributed by atoms with Crippen LogP contribution >= 0.6 is 0 Å². The highest BCUT2D eigenvalue weighted by Gasteiger charge is 2.44. The first-order valence-electron chi connectivity index (χ1n) is 4.52. The van der Waals surface area contributed by atoms with Crippen molar-refractivity contribution in [1.82, 2.24) is 0 Å². The van der Waals surface area contributed by atoms with Gasteiger partial charge in [0.05, 0.1) is 20.1 Å². The summed E-state index contributed by atoms with van der Waals surface area (Å²) < 4.78 is 0. The molecule has 0 aliphatic carbocycles. The third kappa shape index (κ3) is 1.35. The molecule has 0 aromatic rings. The molecule has 0 spiro atoms. The Balaban J connectivity index is 2.82. The molecular formula is C10H18NO+. The molecule has 2 atom stereocenters. The Hall–Kier alpha value is -0.520. The highest BCUT2D eigenvalue weighted by atomic mass is 16.3. The molecule has 2 heteroatoms. The van der Waals surface area contributed by atoms with Crippen molar-refractivity contribution in [3.8, 4) is 12.3 Å². The maximum absolute atomic E-state index is 10.1. The normalized spacial score (nSPS) is 48.4. The van der Waals surface area contributed by atoms with Gasteiger partial charge in [-0.1, -0.05) is 19.8 Å². The quantitative estimate of drug-likeness (QED) is 0.453. The number of rotatable bonds is 0. The van der Waals surface area contributed by atoms with Gasteiger partial charge in [-0.2, -0.15) is 0 Å². The van der Waals surface area contributed by atoms with E-state index >= 15 is 0 Å². The van der Waals surface area contributed by atoms with Crippen molar-refractivity contribution in [2.75, 3.05) is 20.1 Å². The van der Waals surface area contributed by atoms with Crippen LogP contribution in [0, 0.1) is 24.2 Å². The molecule has 2 nitrogen and oxygen atoms in total. The van der Waals surface area contributed by atoms with Gasteiger partial charge in [-0.15, -0.1) is 6.42 Å². The van der Waals surface area contributed by atoms with Gasteiger partial charge < -0.3 is 10.0 Å². The van der Waals surface area contributed by atoms with E-state index in [1.165, 1.54) is 4.90 Å². The number of piperidine rings is 1. The number of hydrogen-bond donors (Lipinski definition) is 2. The van der Waals surface area contributed by atoms with Crippen LogP contribution in [0.1, 0.15) is 13.8 Å². The average Bonchev–Trinajstić information content (AvgIpc) is 2.00. The summed E-state index contributed by atoms with van der Waals surface area (Å²) in [5.41, 5.74) is -0.875. The molecule has 12 heavy (non-hydrogen) atoms. The maximum Gasteiger partial charge on any atom is 0.140 e. The zero-order valence-corrected chi connectivity index (χ0v) is 8.09. The van der Waals surface area contributed by atoms with Crippen LogP contribution in [0.4, 0.5) is 0 Å². The Kier molecular flexibility index (Phi) is 2.46. The van der Waals surface area contributed by atoms with Crippen molar-refractivity contribution in [2.45, 2.75) is 19.4 Å². The lowest BCUT2D eigenvalue weighted by molar-refractivity contribution is -0.895. The summed E-state index contributed by atoms with van der Waals surface area (Å²) in [6, 6.07) is 0. The van der Waals surface area contributed by atoms with Gasteiger partial charge in [-0.3, -0.25) is 0 Å². The van der Waals surface area contributed by atoms with E-state index < -0.39 is 5.60 Å². The molecular weight excluding hydrogens is 150 g/mol. The monoisotopic (exact) mass is 168 g/mol. The largest absolute Gasteiger partial charge is 0.377 e. The number of terminal acetylenes is 1. The second kappa shape index (κ2) is 3.08. The minimum atomic E-state index is -0.875. The van der Waals surface area contributed by atoms with E-state index in [0.29, 0.717) is 0 Å². The van der Waals surface area contributed by atoms with Crippen LogP contribution in [0.2, 0.25) is 0 Å². The Bertz CT molecular complexity index is 194. The fraction of sp³-hybridized carbons (Fsp3) is 0.800. The van der Waals surface area contributed by atoms with E-state index in [4.69, 9.17) is 6.42 Å². The maximum atomic E-state index is 10.1. The first-order valence-corrected chi connectivity index (χ1v) is 4.52. The molecule has 0 amide bonds. The van der Waals surface area contributed by atoms with Gasteiger partial charge in [0.2, 0.25) is 0 Å². The first kappa shape index (κ1) is 9.57. The third-order valence-corrected chi connectivity index (χ3v) is 3.04. The predicted molar refractivity (Wildman–Crippen MR) is 48.7 cm³/mol. The SMILES string of the molecule is C#CC1(O)[C@H](C)C[NH+](C)C[C@H]1C. The molecule has 0 radical (unpaired) electrons. The minimum absolute atomic E-state index is 0.200. The Morgan fingerprint density at radius 3 is 2.17 bits per heavy atom. The summed E-state index contributed by atoms with van der Waals surface area (Å²) in [6.07, 6.45) is 5.35. The molecule has 0 bridgehead atoms. The summed E-state index contributed by atoms with van der Waals surface area (Å²) in [5.74, 6) is 2.94. The minimum Gasteiger partial charge on any atom is -0.377 e. The summed E-state index contributed by atoms with van der Waals surface area (Å²) in [6.45, 7) is 5.98. The number of likely N-dealkylation sites (tertiary alicyclic amines) is 1. The van der Waals surface area contributed by atoms with Crippen LogP contribution in [0.15, 0.2) is 0 Å².